The number of rotatable bonds is 6. The number of hydrogen-bond donors (Lipinski definition) is 1. The quantitative estimate of drug-likeness (QED) is 0.845. The first kappa shape index (κ1) is 16.2. The molecule has 0 bridgehead atoms. The number of carbonyl (C=O) groups excluding carboxylic acids is 1. The van der Waals surface area contributed by atoms with Crippen molar-refractivity contribution in [2.45, 2.75) is 39.2 Å². The van der Waals surface area contributed by atoms with Crippen LogP contribution in [0.2, 0.25) is 0 Å². The van der Waals surface area contributed by atoms with E-state index in [0.29, 0.717) is 12.8 Å². The molecule has 22 heavy (non-hydrogen) atoms. The third-order valence-corrected chi connectivity index (χ3v) is 3.78. The summed E-state index contributed by atoms with van der Waals surface area (Å²) in [5.74, 6) is -0.227. The Hall–Kier alpha value is -2.16. The molecule has 0 heterocycles. The topological polar surface area (TPSA) is 29.1 Å². The van der Waals surface area contributed by atoms with Gasteiger partial charge in [0.1, 0.15) is 5.82 Å². The van der Waals surface area contributed by atoms with E-state index in [1.54, 1.807) is 12.1 Å². The van der Waals surface area contributed by atoms with E-state index in [9.17, 15) is 9.18 Å². The minimum Gasteiger partial charge on any atom is -0.349 e. The molecule has 2 rings (SSSR count). The fourth-order valence-corrected chi connectivity index (χ4v) is 2.40. The summed E-state index contributed by atoms with van der Waals surface area (Å²) < 4.78 is 12.8. The molecule has 0 radical (unpaired) electrons. The Morgan fingerprint density at radius 3 is 2.32 bits per heavy atom. The van der Waals surface area contributed by atoms with Gasteiger partial charge in [-0.1, -0.05) is 48.9 Å². The maximum absolute atomic E-state index is 12.8. The first-order valence-electron chi connectivity index (χ1n) is 7.69. The second-order valence-electron chi connectivity index (χ2n) is 5.57. The third kappa shape index (κ3) is 4.69. The van der Waals surface area contributed by atoms with Crippen molar-refractivity contribution in [2.24, 2.45) is 0 Å². The fourth-order valence-electron chi connectivity index (χ4n) is 2.40. The van der Waals surface area contributed by atoms with Gasteiger partial charge < -0.3 is 5.32 Å². The van der Waals surface area contributed by atoms with Crippen molar-refractivity contribution in [3.8, 4) is 0 Å². The molecule has 0 saturated heterocycles. The Morgan fingerprint density at radius 1 is 1.09 bits per heavy atom. The van der Waals surface area contributed by atoms with E-state index in [4.69, 9.17) is 0 Å². The lowest BCUT2D eigenvalue weighted by Crippen LogP contribution is -2.28. The molecule has 0 spiro atoms. The summed E-state index contributed by atoms with van der Waals surface area (Å²) in [5.41, 5.74) is 3.31. The van der Waals surface area contributed by atoms with Gasteiger partial charge in [-0.05, 0) is 43.0 Å². The minimum absolute atomic E-state index is 0.0248. The summed E-state index contributed by atoms with van der Waals surface area (Å²) in [6.45, 7) is 4.11. The molecule has 116 valence electrons. The van der Waals surface area contributed by atoms with Gasteiger partial charge in [-0.25, -0.2) is 4.39 Å². The molecule has 1 atom stereocenters. The van der Waals surface area contributed by atoms with Gasteiger partial charge >= 0.3 is 0 Å². The lowest BCUT2D eigenvalue weighted by molar-refractivity contribution is -0.121. The van der Waals surface area contributed by atoms with Crippen molar-refractivity contribution in [2.75, 3.05) is 0 Å². The van der Waals surface area contributed by atoms with Crippen LogP contribution in [0.1, 0.15) is 42.5 Å². The first-order valence-corrected chi connectivity index (χ1v) is 7.69. The van der Waals surface area contributed by atoms with E-state index in [-0.39, 0.29) is 17.8 Å². The van der Waals surface area contributed by atoms with Crippen LogP contribution in [-0.4, -0.2) is 5.91 Å². The number of amides is 1. The summed E-state index contributed by atoms with van der Waals surface area (Å²) in [4.78, 5) is 12.1. The lowest BCUT2D eigenvalue weighted by atomic mass is 10.0. The Labute approximate surface area is 131 Å². The smallest absolute Gasteiger partial charge is 0.220 e. The summed E-state index contributed by atoms with van der Waals surface area (Å²) in [7, 11) is 0. The zero-order chi connectivity index (χ0) is 15.9. The SMILES string of the molecule is CCC(NC(=O)CCc1ccc(F)cc1)c1ccc(C)cc1. The Kier molecular flexibility index (Phi) is 5.70. The van der Waals surface area contributed by atoms with Crippen LogP contribution < -0.4 is 5.32 Å². The van der Waals surface area contributed by atoms with E-state index < -0.39 is 0 Å². The average molecular weight is 299 g/mol. The molecule has 0 aliphatic carbocycles. The van der Waals surface area contributed by atoms with Crippen LogP contribution in [0.4, 0.5) is 4.39 Å². The van der Waals surface area contributed by atoms with Gasteiger partial charge in [-0.3, -0.25) is 4.79 Å². The van der Waals surface area contributed by atoms with Gasteiger partial charge in [-0.2, -0.15) is 0 Å². The molecule has 0 aromatic heterocycles. The molecule has 0 saturated carbocycles. The largest absolute Gasteiger partial charge is 0.349 e. The van der Waals surface area contributed by atoms with Crippen molar-refractivity contribution in [3.63, 3.8) is 0 Å². The molecule has 1 N–H and O–H groups in total. The maximum atomic E-state index is 12.8. The number of nitrogens with one attached hydrogen (secondary N) is 1. The summed E-state index contributed by atoms with van der Waals surface area (Å²) in [6, 6.07) is 14.6. The molecule has 1 amide bonds. The van der Waals surface area contributed by atoms with Gasteiger partial charge in [0, 0.05) is 6.42 Å². The van der Waals surface area contributed by atoms with Crippen molar-refractivity contribution in [1.29, 1.82) is 0 Å². The van der Waals surface area contributed by atoms with Crippen LogP contribution in [0.25, 0.3) is 0 Å². The van der Waals surface area contributed by atoms with E-state index in [2.05, 4.69) is 36.5 Å². The van der Waals surface area contributed by atoms with Crippen LogP contribution in [-0.2, 0) is 11.2 Å². The monoisotopic (exact) mass is 299 g/mol. The maximum Gasteiger partial charge on any atom is 0.220 e. The zero-order valence-electron chi connectivity index (χ0n) is 13.1. The number of halogens is 1. The van der Waals surface area contributed by atoms with E-state index in [1.807, 2.05) is 6.92 Å². The van der Waals surface area contributed by atoms with Crippen molar-refractivity contribution >= 4 is 5.91 Å². The third-order valence-electron chi connectivity index (χ3n) is 3.78. The minimum atomic E-state index is -0.251. The highest BCUT2D eigenvalue weighted by Crippen LogP contribution is 2.17. The van der Waals surface area contributed by atoms with Crippen LogP contribution in [0, 0.1) is 12.7 Å². The van der Waals surface area contributed by atoms with E-state index in [1.165, 1.54) is 17.7 Å². The molecule has 3 heteroatoms. The molecule has 2 nitrogen and oxygen atoms in total. The molecule has 0 aliphatic heterocycles. The molecule has 2 aromatic rings. The predicted molar refractivity (Wildman–Crippen MR) is 87.1 cm³/mol. The van der Waals surface area contributed by atoms with Crippen molar-refractivity contribution in [3.05, 3.63) is 71.0 Å². The molecule has 1 unspecified atom stereocenters. The van der Waals surface area contributed by atoms with E-state index in [0.717, 1.165) is 17.5 Å². The molecular weight excluding hydrogens is 277 g/mol. The molecule has 0 aliphatic rings. The summed E-state index contributed by atoms with van der Waals surface area (Å²) in [5, 5.41) is 3.07. The van der Waals surface area contributed by atoms with Crippen LogP contribution in [0.15, 0.2) is 48.5 Å². The Morgan fingerprint density at radius 2 is 1.73 bits per heavy atom. The van der Waals surface area contributed by atoms with Crippen LogP contribution in [0.5, 0.6) is 0 Å². The predicted octanol–water partition coefficient (Wildman–Crippen LogP) is 4.33. The summed E-state index contributed by atoms with van der Waals surface area (Å²) >= 11 is 0. The second-order valence-corrected chi connectivity index (χ2v) is 5.57. The van der Waals surface area contributed by atoms with Gasteiger partial charge in [0.25, 0.3) is 0 Å². The van der Waals surface area contributed by atoms with Gasteiger partial charge in [0.05, 0.1) is 6.04 Å². The van der Waals surface area contributed by atoms with Gasteiger partial charge in [-0.15, -0.1) is 0 Å². The highest BCUT2D eigenvalue weighted by atomic mass is 19.1. The normalized spacial score (nSPS) is 12.0. The number of aryl methyl sites for hydroxylation is 2. The van der Waals surface area contributed by atoms with Crippen molar-refractivity contribution < 1.29 is 9.18 Å². The molecule has 0 fully saturated rings. The highest BCUT2D eigenvalue weighted by Gasteiger charge is 2.12. The fraction of sp³-hybridized carbons (Fsp3) is 0.316. The van der Waals surface area contributed by atoms with Gasteiger partial charge in [0.15, 0.2) is 0 Å². The average Bonchev–Trinajstić information content (AvgIpc) is 2.53. The summed E-state index contributed by atoms with van der Waals surface area (Å²) in [6.07, 6.45) is 1.88. The standard InChI is InChI=1S/C19H22FNO/c1-3-18(16-9-4-14(2)5-10-16)21-19(22)13-8-15-6-11-17(20)12-7-15/h4-7,9-12,18H,3,8,13H2,1-2H3,(H,21,22). The number of carbonyl (C=O) groups is 1. The zero-order valence-corrected chi connectivity index (χ0v) is 13.1. The number of hydrogen-bond acceptors (Lipinski definition) is 1. The van der Waals surface area contributed by atoms with Crippen LogP contribution >= 0.6 is 0 Å². The lowest BCUT2D eigenvalue weighted by Gasteiger charge is -2.17. The Bertz CT molecular complexity index is 604. The van der Waals surface area contributed by atoms with Crippen LogP contribution in [0.3, 0.4) is 0 Å². The second kappa shape index (κ2) is 7.74. The highest BCUT2D eigenvalue weighted by molar-refractivity contribution is 5.76. The van der Waals surface area contributed by atoms with Crippen molar-refractivity contribution in [1.82, 2.24) is 5.32 Å². The number of benzene rings is 2. The molecule has 2 aromatic carbocycles. The van der Waals surface area contributed by atoms with Gasteiger partial charge in [0.2, 0.25) is 5.91 Å². The first-order chi connectivity index (χ1) is 10.6. The molecular formula is C19H22FNO. The Balaban J connectivity index is 1.89. The van der Waals surface area contributed by atoms with E-state index >= 15 is 0 Å².